The average molecular weight is 703 g/mol. The summed E-state index contributed by atoms with van der Waals surface area (Å²) in [5.74, 6) is -11.8. The third-order valence-corrected chi connectivity index (χ3v) is 6.76. The maximum atomic E-state index is 13.3. The van der Waals surface area contributed by atoms with Crippen LogP contribution in [-0.4, -0.2) is 110 Å². The summed E-state index contributed by atoms with van der Waals surface area (Å²) < 4.78 is 0. The van der Waals surface area contributed by atoms with E-state index in [1.54, 1.807) is 41.5 Å². The highest BCUT2D eigenvalue weighted by atomic mass is 16.4. The van der Waals surface area contributed by atoms with Crippen LogP contribution < -0.4 is 32.3 Å². The van der Waals surface area contributed by atoms with Crippen molar-refractivity contribution in [1.82, 2.24) is 26.6 Å². The number of nitrogens with two attached hydrogens (primary N) is 1. The first-order valence-electron chi connectivity index (χ1n) is 15.7. The van der Waals surface area contributed by atoms with Crippen LogP contribution in [0.3, 0.4) is 0 Å². The molecule has 0 aromatic heterocycles. The Labute approximate surface area is 283 Å². The number of carboxylic acid groups (broad SMARTS) is 4. The minimum atomic E-state index is -1.89. The van der Waals surface area contributed by atoms with Gasteiger partial charge in [0.25, 0.3) is 0 Å². The van der Waals surface area contributed by atoms with Crippen LogP contribution in [0.1, 0.15) is 80.1 Å². The van der Waals surface area contributed by atoms with Gasteiger partial charge >= 0.3 is 23.9 Å². The molecule has 19 nitrogen and oxygen atoms in total. The minimum Gasteiger partial charge on any atom is -0.481 e. The minimum absolute atomic E-state index is 0.00386. The Hall–Kier alpha value is -4.81. The van der Waals surface area contributed by atoms with E-state index in [4.69, 9.17) is 10.8 Å². The number of hydrogen-bond donors (Lipinski definition) is 10. The van der Waals surface area contributed by atoms with Gasteiger partial charge in [0.2, 0.25) is 29.5 Å². The van der Waals surface area contributed by atoms with Crippen LogP contribution >= 0.6 is 0 Å². The van der Waals surface area contributed by atoms with E-state index in [0.29, 0.717) is 0 Å². The molecule has 0 fully saturated rings. The van der Waals surface area contributed by atoms with E-state index in [9.17, 15) is 58.5 Å². The molecule has 0 spiro atoms. The van der Waals surface area contributed by atoms with Gasteiger partial charge in [-0.05, 0) is 37.0 Å². The van der Waals surface area contributed by atoms with Gasteiger partial charge in [-0.3, -0.25) is 38.4 Å². The molecule has 0 aliphatic carbocycles. The van der Waals surface area contributed by atoms with E-state index in [1.807, 2.05) is 0 Å². The van der Waals surface area contributed by atoms with Crippen molar-refractivity contribution in [3.8, 4) is 0 Å². The Morgan fingerprint density at radius 1 is 0.429 bits per heavy atom. The van der Waals surface area contributed by atoms with Crippen LogP contribution in [0.15, 0.2) is 0 Å². The van der Waals surface area contributed by atoms with Crippen molar-refractivity contribution < 1.29 is 63.6 Å². The second kappa shape index (κ2) is 21.2. The normalized spacial score (nSPS) is 14.8. The van der Waals surface area contributed by atoms with Gasteiger partial charge in [-0.1, -0.05) is 41.5 Å². The predicted octanol–water partition coefficient (Wildman–Crippen LogP) is -1.62. The van der Waals surface area contributed by atoms with Gasteiger partial charge in [0.05, 0.1) is 25.3 Å². The molecule has 0 rings (SSSR count). The zero-order valence-corrected chi connectivity index (χ0v) is 28.5. The number of amides is 5. The molecule has 0 radical (unpaired) electrons. The van der Waals surface area contributed by atoms with Gasteiger partial charge < -0.3 is 52.7 Å². The number of carboxylic acids is 4. The summed E-state index contributed by atoms with van der Waals surface area (Å²) in [7, 11) is 0. The quantitative estimate of drug-likeness (QED) is 0.0573. The summed E-state index contributed by atoms with van der Waals surface area (Å²) in [6, 6.07) is -9.33. The standard InChI is InChI=1S/C30H50N6O13/c1-13(2)7-17(32-25(43)16(31)10-22(37)38)26(44)34-20(12-24(41)42)29(47)35-19(11-23(39)40)28(46)33-18(8-14(3)4)27(45)36-21(30(48)49)9-15(5)6/h13-21H,7-12,31H2,1-6H3,(H,32,43)(H,33,46)(H,34,44)(H,35,47)(H,36,45)(H,37,38)(H,39,40)(H,41,42)(H,48,49)/t16-,17-,18-,19-,20-,21-/m0/s1. The lowest BCUT2D eigenvalue weighted by Crippen LogP contribution is -2.60. The largest absolute Gasteiger partial charge is 0.481 e. The fraction of sp³-hybridized carbons (Fsp3) is 0.700. The predicted molar refractivity (Wildman–Crippen MR) is 170 cm³/mol. The fourth-order valence-electron chi connectivity index (χ4n) is 4.52. The second-order valence-corrected chi connectivity index (χ2v) is 12.9. The third-order valence-electron chi connectivity index (χ3n) is 6.76. The fourth-order valence-corrected chi connectivity index (χ4v) is 4.52. The first-order valence-corrected chi connectivity index (χ1v) is 15.7. The Kier molecular flexibility index (Phi) is 19.1. The Morgan fingerprint density at radius 2 is 0.694 bits per heavy atom. The lowest BCUT2D eigenvalue weighted by atomic mass is 10.00. The smallest absolute Gasteiger partial charge is 0.326 e. The van der Waals surface area contributed by atoms with E-state index in [-0.39, 0.29) is 37.0 Å². The molecular weight excluding hydrogens is 652 g/mol. The summed E-state index contributed by atoms with van der Waals surface area (Å²) in [6.45, 7) is 10.3. The molecule has 278 valence electrons. The molecule has 5 amide bonds. The zero-order chi connectivity index (χ0) is 38.2. The van der Waals surface area contributed by atoms with Crippen LogP contribution in [0.2, 0.25) is 0 Å². The molecule has 0 bridgehead atoms. The van der Waals surface area contributed by atoms with Gasteiger partial charge in [0, 0.05) is 0 Å². The average Bonchev–Trinajstić information content (AvgIpc) is 2.93. The summed E-state index contributed by atoms with van der Waals surface area (Å²) in [5, 5.41) is 48.5. The maximum Gasteiger partial charge on any atom is 0.326 e. The van der Waals surface area contributed by atoms with E-state index in [2.05, 4.69) is 26.6 Å². The highest BCUT2D eigenvalue weighted by molar-refractivity contribution is 5.98. The first kappa shape index (κ1) is 44.2. The van der Waals surface area contributed by atoms with Crippen molar-refractivity contribution in [3.05, 3.63) is 0 Å². The molecule has 0 aliphatic rings. The molecule has 0 aromatic rings. The third kappa shape index (κ3) is 18.4. The molecule has 0 aromatic carbocycles. The molecular formula is C30H50N6O13. The number of aliphatic carboxylic acids is 4. The lowest BCUT2D eigenvalue weighted by Gasteiger charge is -2.27. The molecule has 49 heavy (non-hydrogen) atoms. The van der Waals surface area contributed by atoms with Gasteiger partial charge in [-0.2, -0.15) is 0 Å². The van der Waals surface area contributed by atoms with Crippen LogP contribution in [0, 0.1) is 17.8 Å². The Balaban J connectivity index is 6.17. The molecule has 0 aliphatic heterocycles. The molecule has 0 saturated carbocycles. The molecule has 0 saturated heterocycles. The topological polar surface area (TPSA) is 321 Å². The number of carbonyl (C=O) groups excluding carboxylic acids is 5. The van der Waals surface area contributed by atoms with Crippen LogP contribution in [0.4, 0.5) is 0 Å². The van der Waals surface area contributed by atoms with Gasteiger partial charge in [0.15, 0.2) is 0 Å². The van der Waals surface area contributed by atoms with Crippen LogP contribution in [0.25, 0.3) is 0 Å². The zero-order valence-electron chi connectivity index (χ0n) is 28.5. The van der Waals surface area contributed by atoms with E-state index < -0.39 is 109 Å². The first-order chi connectivity index (χ1) is 22.5. The summed E-state index contributed by atoms with van der Waals surface area (Å²) in [4.78, 5) is 111. The van der Waals surface area contributed by atoms with Crippen LogP contribution in [-0.2, 0) is 43.2 Å². The highest BCUT2D eigenvalue weighted by Gasteiger charge is 2.35. The van der Waals surface area contributed by atoms with Crippen molar-refractivity contribution in [3.63, 3.8) is 0 Å². The van der Waals surface area contributed by atoms with Crippen molar-refractivity contribution >= 4 is 53.4 Å². The molecule has 11 N–H and O–H groups in total. The van der Waals surface area contributed by atoms with E-state index in [1.165, 1.54) is 0 Å². The van der Waals surface area contributed by atoms with Crippen molar-refractivity contribution in [2.45, 2.75) is 116 Å². The number of carbonyl (C=O) groups is 9. The van der Waals surface area contributed by atoms with Crippen molar-refractivity contribution in [2.75, 3.05) is 0 Å². The van der Waals surface area contributed by atoms with Gasteiger partial charge in [-0.25, -0.2) is 4.79 Å². The SMILES string of the molecule is CC(C)C[C@H](NC(=O)[C@H](CC(C)C)NC(=O)[C@H](CC(=O)O)NC(=O)[C@H](CC(=O)O)NC(=O)[C@H](CC(C)C)NC(=O)[C@@H](N)CC(=O)O)C(=O)O. The Bertz CT molecular complexity index is 1220. The number of rotatable bonds is 23. The van der Waals surface area contributed by atoms with Crippen molar-refractivity contribution in [2.24, 2.45) is 23.5 Å². The van der Waals surface area contributed by atoms with Crippen molar-refractivity contribution in [1.29, 1.82) is 0 Å². The Morgan fingerprint density at radius 3 is 1.00 bits per heavy atom. The van der Waals surface area contributed by atoms with E-state index in [0.717, 1.165) is 0 Å². The summed E-state index contributed by atoms with van der Waals surface area (Å²) in [6.07, 6.45) is -2.78. The molecule has 0 heterocycles. The monoisotopic (exact) mass is 702 g/mol. The van der Waals surface area contributed by atoms with Crippen LogP contribution in [0.5, 0.6) is 0 Å². The van der Waals surface area contributed by atoms with Gasteiger partial charge in [0.1, 0.15) is 30.2 Å². The summed E-state index contributed by atoms with van der Waals surface area (Å²) in [5.41, 5.74) is 5.57. The number of hydrogen-bond acceptors (Lipinski definition) is 10. The van der Waals surface area contributed by atoms with E-state index >= 15 is 0 Å². The highest BCUT2D eigenvalue weighted by Crippen LogP contribution is 2.11. The summed E-state index contributed by atoms with van der Waals surface area (Å²) >= 11 is 0. The molecule has 19 heteroatoms. The van der Waals surface area contributed by atoms with Gasteiger partial charge in [-0.15, -0.1) is 0 Å². The second-order valence-electron chi connectivity index (χ2n) is 12.9. The number of nitrogens with one attached hydrogen (secondary N) is 5. The maximum absolute atomic E-state index is 13.3. The molecule has 0 unspecified atom stereocenters. The lowest BCUT2D eigenvalue weighted by molar-refractivity contribution is -0.144. The molecule has 6 atom stereocenters.